The number of nitrogens with zero attached hydrogens (tertiary/aromatic N) is 6. The van der Waals surface area contributed by atoms with Crippen molar-refractivity contribution in [2.24, 2.45) is 0 Å². The third-order valence-electron chi connectivity index (χ3n) is 3.25. The van der Waals surface area contributed by atoms with E-state index in [4.69, 9.17) is 0 Å². The highest BCUT2D eigenvalue weighted by molar-refractivity contribution is 5.89. The summed E-state index contributed by atoms with van der Waals surface area (Å²) >= 11 is 0. The molecule has 3 rings (SSSR count). The summed E-state index contributed by atoms with van der Waals surface area (Å²) in [5.41, 5.74) is 0.500. The smallest absolute Gasteiger partial charge is 0.249 e. The van der Waals surface area contributed by atoms with E-state index < -0.39 is 0 Å². The predicted octanol–water partition coefficient (Wildman–Crippen LogP) is 1.90. The average molecular weight is 329 g/mol. The van der Waals surface area contributed by atoms with Crippen LogP contribution in [0.1, 0.15) is 19.9 Å². The van der Waals surface area contributed by atoms with Crippen LogP contribution in [0, 0.1) is 5.82 Å². The second-order valence-electron chi connectivity index (χ2n) is 5.46. The molecule has 1 aromatic carbocycles. The molecule has 0 spiro atoms. The van der Waals surface area contributed by atoms with Crippen LogP contribution in [0.15, 0.2) is 36.5 Å². The van der Waals surface area contributed by atoms with E-state index in [2.05, 4.69) is 25.8 Å². The van der Waals surface area contributed by atoms with Gasteiger partial charge in [0.25, 0.3) is 0 Å². The number of aromatic nitrogens is 6. The van der Waals surface area contributed by atoms with Crippen molar-refractivity contribution in [2.75, 3.05) is 5.32 Å². The summed E-state index contributed by atoms with van der Waals surface area (Å²) in [7, 11) is 0. The molecule has 0 fully saturated rings. The number of hydrogen-bond acceptors (Lipinski definition) is 5. The summed E-state index contributed by atoms with van der Waals surface area (Å²) in [4.78, 5) is 13.3. The second kappa shape index (κ2) is 6.57. The maximum atomic E-state index is 13.2. The van der Waals surface area contributed by atoms with Crippen molar-refractivity contribution in [3.8, 4) is 11.4 Å². The third kappa shape index (κ3) is 3.45. The fourth-order valence-electron chi connectivity index (χ4n) is 2.19. The summed E-state index contributed by atoms with van der Waals surface area (Å²) in [5, 5.41) is 18.6. The fourth-order valence-corrected chi connectivity index (χ4v) is 2.19. The molecule has 0 saturated heterocycles. The third-order valence-corrected chi connectivity index (χ3v) is 3.25. The summed E-state index contributed by atoms with van der Waals surface area (Å²) in [6.45, 7) is 3.82. The molecule has 0 bridgehead atoms. The normalized spacial score (nSPS) is 11.0. The van der Waals surface area contributed by atoms with Crippen LogP contribution in [-0.4, -0.2) is 35.9 Å². The van der Waals surface area contributed by atoms with E-state index in [0.29, 0.717) is 11.4 Å². The van der Waals surface area contributed by atoms with Crippen molar-refractivity contribution in [3.63, 3.8) is 0 Å². The Labute approximate surface area is 137 Å². The van der Waals surface area contributed by atoms with Gasteiger partial charge in [-0.15, -0.1) is 10.2 Å². The number of halogens is 1. The van der Waals surface area contributed by atoms with E-state index in [1.807, 2.05) is 13.8 Å². The number of nitrogens with one attached hydrogen (secondary N) is 1. The Bertz CT molecular complexity index is 855. The van der Waals surface area contributed by atoms with Crippen LogP contribution in [0.25, 0.3) is 11.4 Å². The maximum Gasteiger partial charge on any atom is 0.249 e. The largest absolute Gasteiger partial charge is 0.309 e. The summed E-state index contributed by atoms with van der Waals surface area (Å²) in [6, 6.07) is 7.71. The molecular formula is C15H16FN7O. The Kier molecular flexibility index (Phi) is 4.32. The SMILES string of the molecule is CC(C)n1nccc1NC(=O)Cn1nnc(-c2cccc(F)c2)n1. The van der Waals surface area contributed by atoms with E-state index in [-0.39, 0.29) is 30.1 Å². The van der Waals surface area contributed by atoms with Gasteiger partial charge in [0.1, 0.15) is 18.2 Å². The Balaban J connectivity index is 1.68. The van der Waals surface area contributed by atoms with Crippen LogP contribution < -0.4 is 5.32 Å². The number of carbonyl (C=O) groups excluding carboxylic acids is 1. The van der Waals surface area contributed by atoms with Crippen molar-refractivity contribution in [2.45, 2.75) is 26.4 Å². The molecule has 2 heterocycles. The van der Waals surface area contributed by atoms with Crippen LogP contribution in [0.3, 0.4) is 0 Å². The highest BCUT2D eigenvalue weighted by Crippen LogP contribution is 2.15. The Morgan fingerprint density at radius 1 is 1.33 bits per heavy atom. The monoisotopic (exact) mass is 329 g/mol. The van der Waals surface area contributed by atoms with E-state index in [0.717, 1.165) is 4.80 Å². The molecular weight excluding hydrogens is 313 g/mol. The highest BCUT2D eigenvalue weighted by atomic mass is 19.1. The Morgan fingerprint density at radius 2 is 2.17 bits per heavy atom. The van der Waals surface area contributed by atoms with Gasteiger partial charge in [0, 0.05) is 17.7 Å². The molecule has 1 N–H and O–H groups in total. The number of anilines is 1. The lowest BCUT2D eigenvalue weighted by Crippen LogP contribution is -2.22. The zero-order valence-corrected chi connectivity index (χ0v) is 13.2. The molecule has 2 aromatic heterocycles. The lowest BCUT2D eigenvalue weighted by molar-refractivity contribution is -0.117. The van der Waals surface area contributed by atoms with Gasteiger partial charge in [-0.25, -0.2) is 9.07 Å². The van der Waals surface area contributed by atoms with Gasteiger partial charge in [0.2, 0.25) is 11.7 Å². The summed E-state index contributed by atoms with van der Waals surface area (Å²) in [5.74, 6) is 0.166. The van der Waals surface area contributed by atoms with Gasteiger partial charge in [-0.2, -0.15) is 9.90 Å². The first-order chi connectivity index (χ1) is 11.5. The molecule has 24 heavy (non-hydrogen) atoms. The lowest BCUT2D eigenvalue weighted by Gasteiger charge is -2.11. The molecule has 0 aliphatic carbocycles. The molecule has 0 saturated carbocycles. The van der Waals surface area contributed by atoms with Gasteiger partial charge in [-0.3, -0.25) is 4.79 Å². The first-order valence-electron chi connectivity index (χ1n) is 7.40. The van der Waals surface area contributed by atoms with Crippen LogP contribution in [-0.2, 0) is 11.3 Å². The first kappa shape index (κ1) is 15.8. The van der Waals surface area contributed by atoms with Gasteiger partial charge in [-0.05, 0) is 31.2 Å². The van der Waals surface area contributed by atoms with E-state index in [9.17, 15) is 9.18 Å². The molecule has 0 aliphatic rings. The molecule has 0 aliphatic heterocycles. The standard InChI is InChI=1S/C15H16FN7O/c1-10(2)23-13(6-7-17-23)18-14(24)9-22-20-15(19-21-22)11-4-3-5-12(16)8-11/h3-8,10H,9H2,1-2H3,(H,18,24). The summed E-state index contributed by atoms with van der Waals surface area (Å²) in [6.07, 6.45) is 1.62. The molecule has 3 aromatic rings. The first-order valence-corrected chi connectivity index (χ1v) is 7.40. The molecule has 124 valence electrons. The number of hydrogen-bond donors (Lipinski definition) is 1. The van der Waals surface area contributed by atoms with Gasteiger partial charge < -0.3 is 5.32 Å². The Morgan fingerprint density at radius 3 is 2.92 bits per heavy atom. The molecule has 1 amide bonds. The van der Waals surface area contributed by atoms with Gasteiger partial charge >= 0.3 is 0 Å². The van der Waals surface area contributed by atoms with Crippen LogP contribution in [0.5, 0.6) is 0 Å². The maximum absolute atomic E-state index is 13.2. The van der Waals surface area contributed by atoms with Crippen molar-refractivity contribution in [1.29, 1.82) is 0 Å². The topological polar surface area (TPSA) is 90.5 Å². The predicted molar refractivity (Wildman–Crippen MR) is 84.5 cm³/mol. The minimum absolute atomic E-state index is 0.106. The molecule has 0 unspecified atom stereocenters. The molecule has 8 nitrogen and oxygen atoms in total. The molecule has 0 atom stereocenters. The number of carbonyl (C=O) groups is 1. The van der Waals surface area contributed by atoms with Gasteiger partial charge in [0.15, 0.2) is 0 Å². The van der Waals surface area contributed by atoms with Crippen molar-refractivity contribution < 1.29 is 9.18 Å². The number of tetrazole rings is 1. The van der Waals surface area contributed by atoms with Crippen LogP contribution in [0.2, 0.25) is 0 Å². The number of benzene rings is 1. The summed E-state index contributed by atoms with van der Waals surface area (Å²) < 4.78 is 14.9. The minimum atomic E-state index is -0.386. The highest BCUT2D eigenvalue weighted by Gasteiger charge is 2.12. The van der Waals surface area contributed by atoms with Gasteiger partial charge in [-0.1, -0.05) is 12.1 Å². The van der Waals surface area contributed by atoms with Crippen molar-refractivity contribution in [1.82, 2.24) is 30.0 Å². The van der Waals surface area contributed by atoms with Crippen LogP contribution in [0.4, 0.5) is 10.2 Å². The fraction of sp³-hybridized carbons (Fsp3) is 0.267. The number of amides is 1. The number of rotatable bonds is 5. The average Bonchev–Trinajstić information content (AvgIpc) is 3.16. The quantitative estimate of drug-likeness (QED) is 0.772. The zero-order chi connectivity index (χ0) is 17.1. The van der Waals surface area contributed by atoms with Crippen LogP contribution >= 0.6 is 0 Å². The van der Waals surface area contributed by atoms with Crippen molar-refractivity contribution in [3.05, 3.63) is 42.3 Å². The van der Waals surface area contributed by atoms with E-state index in [1.165, 1.54) is 12.1 Å². The van der Waals surface area contributed by atoms with Gasteiger partial charge in [0.05, 0.1) is 6.20 Å². The van der Waals surface area contributed by atoms with E-state index in [1.54, 1.807) is 29.1 Å². The lowest BCUT2D eigenvalue weighted by atomic mass is 10.2. The zero-order valence-electron chi connectivity index (χ0n) is 13.2. The Hall–Kier alpha value is -3.10. The molecule has 9 heteroatoms. The van der Waals surface area contributed by atoms with Crippen molar-refractivity contribution >= 4 is 11.7 Å². The van der Waals surface area contributed by atoms with E-state index >= 15 is 0 Å². The minimum Gasteiger partial charge on any atom is -0.309 e. The second-order valence-corrected chi connectivity index (χ2v) is 5.46. The molecule has 0 radical (unpaired) electrons.